The molecule has 43 heavy (non-hydrogen) atoms. The van der Waals surface area contributed by atoms with E-state index in [9.17, 15) is 33.1 Å². The molecule has 2 aromatic heterocycles. The average Bonchev–Trinajstić information content (AvgIpc) is 3.39. The number of benzene rings is 2. The normalized spacial score (nSPS) is 14.8. The van der Waals surface area contributed by atoms with Gasteiger partial charge in [0.15, 0.2) is 18.9 Å². The van der Waals surface area contributed by atoms with Crippen molar-refractivity contribution >= 4 is 17.6 Å². The fraction of sp³-hybridized carbons (Fsp3) is 0.233. The Kier molecular flexibility index (Phi) is 7.88. The van der Waals surface area contributed by atoms with Crippen molar-refractivity contribution in [1.82, 2.24) is 14.8 Å². The summed E-state index contributed by atoms with van der Waals surface area (Å²) in [5.74, 6) is -0.821. The lowest BCUT2D eigenvalue weighted by Crippen LogP contribution is -2.38. The highest BCUT2D eigenvalue weighted by Crippen LogP contribution is 2.43. The quantitative estimate of drug-likeness (QED) is 0.248. The van der Waals surface area contributed by atoms with Crippen LogP contribution in [0, 0.1) is 11.3 Å². The summed E-state index contributed by atoms with van der Waals surface area (Å²) in [6.45, 7) is 1.84. The highest BCUT2D eigenvalue weighted by molar-refractivity contribution is 5.93. The van der Waals surface area contributed by atoms with E-state index in [1.54, 1.807) is 43.5 Å². The lowest BCUT2D eigenvalue weighted by molar-refractivity contribution is -0.697. The first kappa shape index (κ1) is 29.3. The largest absolute Gasteiger partial charge is 0.466 e. The Balaban J connectivity index is 1.69. The summed E-state index contributed by atoms with van der Waals surface area (Å²) in [4.78, 5) is 28.0. The van der Waals surface area contributed by atoms with Crippen molar-refractivity contribution in [3.05, 3.63) is 117 Å². The molecule has 13 heteroatoms. The van der Waals surface area contributed by atoms with E-state index < -0.39 is 29.4 Å². The van der Waals surface area contributed by atoms with Crippen molar-refractivity contribution in [2.75, 3.05) is 12.0 Å². The molecule has 1 aliphatic rings. The molecule has 2 aromatic carbocycles. The number of carbonyl (C=O) groups is 1. The second-order valence-electron chi connectivity index (χ2n) is 9.86. The summed E-state index contributed by atoms with van der Waals surface area (Å²) in [5.41, 5.74) is 0.851. The molecule has 10 nitrogen and oxygen atoms in total. The van der Waals surface area contributed by atoms with Crippen molar-refractivity contribution < 1.29 is 32.4 Å². The van der Waals surface area contributed by atoms with Crippen molar-refractivity contribution in [3.8, 4) is 6.07 Å². The van der Waals surface area contributed by atoms with Gasteiger partial charge in [0.1, 0.15) is 6.04 Å². The van der Waals surface area contributed by atoms with Gasteiger partial charge in [-0.25, -0.2) is 23.8 Å². The van der Waals surface area contributed by atoms with Gasteiger partial charge in [0.05, 0.1) is 36.5 Å². The predicted molar refractivity (Wildman–Crippen MR) is 147 cm³/mol. The summed E-state index contributed by atoms with van der Waals surface area (Å²) < 4.78 is 49.0. The van der Waals surface area contributed by atoms with Crippen molar-refractivity contribution in [2.24, 2.45) is 0 Å². The van der Waals surface area contributed by atoms with Gasteiger partial charge >= 0.3 is 17.8 Å². The van der Waals surface area contributed by atoms with E-state index in [4.69, 9.17) is 4.74 Å². The van der Waals surface area contributed by atoms with Crippen LogP contribution in [-0.2, 0) is 35.3 Å². The number of hydrogen-bond donors (Lipinski definition) is 2. The van der Waals surface area contributed by atoms with Gasteiger partial charge in [-0.3, -0.25) is 4.90 Å². The van der Waals surface area contributed by atoms with Crippen molar-refractivity contribution in [3.63, 3.8) is 0 Å². The molecule has 0 unspecified atom stereocenters. The summed E-state index contributed by atoms with van der Waals surface area (Å²) in [6, 6.07) is 14.0. The first-order valence-corrected chi connectivity index (χ1v) is 13.1. The first-order chi connectivity index (χ1) is 20.6. The molecule has 1 atom stereocenters. The summed E-state index contributed by atoms with van der Waals surface area (Å²) in [5, 5.41) is 25.6. The minimum absolute atomic E-state index is 0.0109. The number of nitrogens with one attached hydrogen (secondary N) is 1. The SMILES string of the molecule is COC(=O)C1=C(C)N(c2cccc(C(F)(F)F)c2)c2n[nH]c(=O)n2[C@@H]1c1ccc(C#N)cc1CC[n+]1cccc(CO)c1. The predicted octanol–water partition coefficient (Wildman–Crippen LogP) is 3.67. The number of fused-ring (bicyclic) bond motifs is 1. The fourth-order valence-corrected chi connectivity index (χ4v) is 5.30. The number of anilines is 2. The van der Waals surface area contributed by atoms with E-state index in [1.165, 1.54) is 28.7 Å². The van der Waals surface area contributed by atoms with E-state index >= 15 is 0 Å². The average molecular weight is 592 g/mol. The number of rotatable bonds is 7. The number of H-pyrrole nitrogens is 1. The molecule has 5 rings (SSSR count). The number of aliphatic hydroxyl groups is 1. The van der Waals surface area contributed by atoms with E-state index in [0.717, 1.165) is 12.1 Å². The number of alkyl halides is 3. The monoisotopic (exact) mass is 591 g/mol. The van der Waals surface area contributed by atoms with Gasteiger partial charge in [0.2, 0.25) is 5.95 Å². The maximum Gasteiger partial charge on any atom is 0.416 e. The van der Waals surface area contributed by atoms with E-state index in [1.807, 2.05) is 10.8 Å². The molecule has 1 aliphatic heterocycles. The zero-order valence-corrected chi connectivity index (χ0v) is 23.1. The Morgan fingerprint density at radius 2 is 2.00 bits per heavy atom. The molecule has 0 fully saturated rings. The van der Waals surface area contributed by atoms with Crippen LogP contribution in [0.3, 0.4) is 0 Å². The second kappa shape index (κ2) is 11.6. The summed E-state index contributed by atoms with van der Waals surface area (Å²) in [7, 11) is 1.17. The number of aromatic nitrogens is 4. The first-order valence-electron chi connectivity index (χ1n) is 13.1. The lowest BCUT2D eigenvalue weighted by Gasteiger charge is -2.36. The number of carbonyl (C=O) groups excluding carboxylic acids is 1. The number of nitriles is 1. The molecule has 2 N–H and O–H groups in total. The second-order valence-corrected chi connectivity index (χ2v) is 9.86. The molecule has 0 saturated carbocycles. The van der Waals surface area contributed by atoms with Crippen LogP contribution in [-0.4, -0.2) is 33.0 Å². The number of halogens is 3. The molecule has 0 aliphatic carbocycles. The Labute approximate surface area is 243 Å². The molecule has 0 radical (unpaired) electrons. The Morgan fingerprint density at radius 1 is 1.21 bits per heavy atom. The fourth-order valence-electron chi connectivity index (χ4n) is 5.30. The maximum atomic E-state index is 13.6. The number of pyridine rings is 1. The number of aromatic amines is 1. The van der Waals surface area contributed by atoms with Crippen LogP contribution in [0.4, 0.5) is 24.8 Å². The number of hydrogen-bond acceptors (Lipinski definition) is 7. The van der Waals surface area contributed by atoms with E-state index in [0.29, 0.717) is 35.2 Å². The molecule has 3 heterocycles. The third kappa shape index (κ3) is 5.52. The van der Waals surface area contributed by atoms with Crippen molar-refractivity contribution in [1.29, 1.82) is 5.26 Å². The zero-order chi connectivity index (χ0) is 30.9. The number of methoxy groups -OCH3 is 1. The Bertz CT molecular complexity index is 1840. The van der Waals surface area contributed by atoms with Crippen LogP contribution in [0.25, 0.3) is 0 Å². The number of nitrogens with zero attached hydrogens (tertiary/aromatic N) is 5. The molecule has 4 aromatic rings. The number of ether oxygens (including phenoxy) is 1. The third-order valence-corrected chi connectivity index (χ3v) is 7.29. The van der Waals surface area contributed by atoms with Crippen LogP contribution in [0.2, 0.25) is 0 Å². The van der Waals surface area contributed by atoms with Gasteiger partial charge in [-0.05, 0) is 54.4 Å². The van der Waals surface area contributed by atoms with Gasteiger partial charge < -0.3 is 9.84 Å². The molecule has 0 saturated heterocycles. The Morgan fingerprint density at radius 3 is 2.70 bits per heavy atom. The van der Waals surface area contributed by atoms with Crippen LogP contribution < -0.4 is 15.2 Å². The van der Waals surface area contributed by atoms with Gasteiger partial charge in [0, 0.05) is 29.4 Å². The van der Waals surface area contributed by atoms with Crippen LogP contribution in [0.1, 0.15) is 40.8 Å². The minimum atomic E-state index is -4.63. The smallest absolute Gasteiger partial charge is 0.416 e. The molecule has 220 valence electrons. The summed E-state index contributed by atoms with van der Waals surface area (Å²) in [6.07, 6.45) is -0.657. The molecular formula is C30H26F3N6O4+. The topological polar surface area (TPSA) is 128 Å². The molecule has 0 bridgehead atoms. The summed E-state index contributed by atoms with van der Waals surface area (Å²) >= 11 is 0. The zero-order valence-electron chi connectivity index (χ0n) is 23.1. The van der Waals surface area contributed by atoms with E-state index in [-0.39, 0.29) is 29.5 Å². The Hall–Kier alpha value is -5.22. The van der Waals surface area contributed by atoms with Gasteiger partial charge in [-0.2, -0.15) is 18.4 Å². The molecular weight excluding hydrogens is 565 g/mol. The third-order valence-electron chi connectivity index (χ3n) is 7.29. The van der Waals surface area contributed by atoms with Gasteiger partial charge in [0.25, 0.3) is 0 Å². The van der Waals surface area contributed by atoms with Crippen LogP contribution in [0.15, 0.2) is 83.1 Å². The van der Waals surface area contributed by atoms with Gasteiger partial charge in [-0.1, -0.05) is 12.1 Å². The van der Waals surface area contributed by atoms with Crippen LogP contribution in [0.5, 0.6) is 0 Å². The maximum absolute atomic E-state index is 13.6. The van der Waals surface area contributed by atoms with Gasteiger partial charge in [-0.15, -0.1) is 5.10 Å². The van der Waals surface area contributed by atoms with Crippen molar-refractivity contribution in [2.45, 2.75) is 38.7 Å². The lowest BCUT2D eigenvalue weighted by atomic mass is 9.89. The molecule has 0 spiro atoms. The highest BCUT2D eigenvalue weighted by Gasteiger charge is 2.41. The van der Waals surface area contributed by atoms with Crippen LogP contribution >= 0.6 is 0 Å². The highest BCUT2D eigenvalue weighted by atomic mass is 19.4. The molecule has 0 amide bonds. The number of aryl methyl sites for hydroxylation is 2. The standard InChI is InChI=1S/C30H25F3N6O4/c1-18-25(27(41)43-2)26(24-9-8-19(15-34)13-21(24)10-12-37-11-4-5-20(16-37)17-40)39-28(35-36-29(39)42)38(18)23-7-3-6-22(14-23)30(31,32)33/h3-9,11,13-14,16,26,40H,10,12,17H2,1-2H3/p+1/t26-/m1/s1. The number of allylic oxidation sites excluding steroid dienone is 1. The number of esters is 1. The number of aliphatic hydroxyl groups excluding tert-OH is 1. The minimum Gasteiger partial charge on any atom is -0.466 e. The van der Waals surface area contributed by atoms with E-state index in [2.05, 4.69) is 16.3 Å².